The molecule has 0 N–H and O–H groups in total. The summed E-state index contributed by atoms with van der Waals surface area (Å²) in [6, 6.07) is 14.1. The number of hydrogen-bond acceptors (Lipinski definition) is 4. The fourth-order valence-corrected chi connectivity index (χ4v) is 2.57. The van der Waals surface area contributed by atoms with Crippen LogP contribution in [-0.4, -0.2) is 11.9 Å². The summed E-state index contributed by atoms with van der Waals surface area (Å²) < 4.78 is 0. The zero-order chi connectivity index (χ0) is 14.3. The number of aliphatic carboxylic acids is 2. The molecule has 3 rings (SSSR count). The number of carbonyl (C=O) groups is 2. The molecule has 20 heavy (non-hydrogen) atoms. The van der Waals surface area contributed by atoms with E-state index in [0.717, 1.165) is 11.1 Å². The Morgan fingerprint density at radius 1 is 0.650 bits per heavy atom. The summed E-state index contributed by atoms with van der Waals surface area (Å²) in [4.78, 5) is 22.3. The van der Waals surface area contributed by atoms with Crippen molar-refractivity contribution in [3.8, 4) is 11.1 Å². The van der Waals surface area contributed by atoms with E-state index in [4.69, 9.17) is 0 Å². The average molecular weight is 264 g/mol. The molecule has 0 heterocycles. The molecule has 0 amide bonds. The molecule has 0 spiro atoms. The third kappa shape index (κ3) is 1.62. The van der Waals surface area contributed by atoms with Gasteiger partial charge in [-0.05, 0) is 22.3 Å². The van der Waals surface area contributed by atoms with Crippen LogP contribution < -0.4 is 10.2 Å². The molecule has 4 heteroatoms. The summed E-state index contributed by atoms with van der Waals surface area (Å²) in [7, 11) is 0. The Morgan fingerprint density at radius 3 is 1.35 bits per heavy atom. The first-order valence-corrected chi connectivity index (χ1v) is 5.97. The highest BCUT2D eigenvalue weighted by atomic mass is 16.4. The zero-order valence-electron chi connectivity index (χ0n) is 10.3. The third-order valence-corrected chi connectivity index (χ3v) is 3.34. The van der Waals surface area contributed by atoms with E-state index in [1.807, 2.05) is 24.3 Å². The van der Waals surface area contributed by atoms with Gasteiger partial charge in [-0.2, -0.15) is 0 Å². The zero-order valence-corrected chi connectivity index (χ0v) is 10.3. The van der Waals surface area contributed by atoms with Crippen LogP contribution in [0, 0.1) is 0 Å². The van der Waals surface area contributed by atoms with Gasteiger partial charge in [-0.25, -0.2) is 0 Å². The summed E-state index contributed by atoms with van der Waals surface area (Å²) in [5, 5.41) is 22.3. The van der Waals surface area contributed by atoms with Gasteiger partial charge in [-0.1, -0.05) is 48.5 Å². The fraction of sp³-hybridized carbons (Fsp3) is 0. The van der Waals surface area contributed by atoms with Crippen molar-refractivity contribution in [2.24, 2.45) is 0 Å². The molecular weight excluding hydrogens is 256 g/mol. The van der Waals surface area contributed by atoms with Crippen LogP contribution in [0.2, 0.25) is 0 Å². The molecule has 0 radical (unpaired) electrons. The lowest BCUT2D eigenvalue weighted by Gasteiger charge is -2.15. The second kappa shape index (κ2) is 4.35. The van der Waals surface area contributed by atoms with Gasteiger partial charge in [0.2, 0.25) is 0 Å². The van der Waals surface area contributed by atoms with Gasteiger partial charge in [0.05, 0.1) is 11.9 Å². The number of rotatable bonds is 2. The Labute approximate surface area is 114 Å². The number of carboxylic acids is 2. The molecule has 0 saturated carbocycles. The minimum Gasteiger partial charge on any atom is -0.545 e. The standard InChI is InChI=1S/C16H10O4/c17-15(18)14(16(19)20)13-11-7-3-1-5-9(11)10-6-2-4-8-12(10)13/h1-8H,(H,17,18)(H,19,20)/p-2. The lowest BCUT2D eigenvalue weighted by atomic mass is 9.98. The van der Waals surface area contributed by atoms with E-state index in [2.05, 4.69) is 0 Å². The molecule has 0 bridgehead atoms. The van der Waals surface area contributed by atoms with Crippen molar-refractivity contribution < 1.29 is 19.8 Å². The molecule has 1 aliphatic carbocycles. The normalized spacial score (nSPS) is 11.7. The van der Waals surface area contributed by atoms with Crippen LogP contribution in [0.4, 0.5) is 0 Å². The summed E-state index contributed by atoms with van der Waals surface area (Å²) in [6.45, 7) is 0. The second-order valence-corrected chi connectivity index (χ2v) is 4.42. The maximum atomic E-state index is 11.2. The van der Waals surface area contributed by atoms with Crippen LogP contribution in [0.3, 0.4) is 0 Å². The van der Waals surface area contributed by atoms with E-state index in [9.17, 15) is 19.8 Å². The molecule has 0 unspecified atom stereocenters. The maximum Gasteiger partial charge on any atom is 0.0740 e. The number of hydrogen-bond donors (Lipinski definition) is 0. The molecular formula is C16H8O4-2. The smallest absolute Gasteiger partial charge is 0.0740 e. The SMILES string of the molecule is O=C([O-])C(C(=O)[O-])=C1c2ccccc2-c2ccccc21. The van der Waals surface area contributed by atoms with Gasteiger partial charge in [0.25, 0.3) is 0 Å². The number of carbonyl (C=O) groups excluding carboxylic acids is 2. The van der Waals surface area contributed by atoms with Crippen molar-refractivity contribution in [2.75, 3.05) is 0 Å². The number of benzene rings is 2. The summed E-state index contributed by atoms with van der Waals surface area (Å²) in [5.41, 5.74) is 2.07. The highest BCUT2D eigenvalue weighted by molar-refractivity contribution is 6.22. The molecule has 0 fully saturated rings. The second-order valence-electron chi connectivity index (χ2n) is 4.42. The molecule has 0 aromatic heterocycles. The predicted molar refractivity (Wildman–Crippen MR) is 67.9 cm³/mol. The Hall–Kier alpha value is -2.88. The lowest BCUT2D eigenvalue weighted by molar-refractivity contribution is -0.311. The van der Waals surface area contributed by atoms with Crippen molar-refractivity contribution in [2.45, 2.75) is 0 Å². The molecule has 4 nitrogen and oxygen atoms in total. The van der Waals surface area contributed by atoms with E-state index in [0.29, 0.717) is 11.1 Å². The van der Waals surface area contributed by atoms with Gasteiger partial charge in [0, 0.05) is 11.1 Å². The average Bonchev–Trinajstić information content (AvgIpc) is 2.74. The van der Waals surface area contributed by atoms with Crippen LogP contribution in [0.15, 0.2) is 54.1 Å². The van der Waals surface area contributed by atoms with Gasteiger partial charge in [-0.15, -0.1) is 0 Å². The van der Waals surface area contributed by atoms with Crippen LogP contribution in [-0.2, 0) is 9.59 Å². The summed E-state index contributed by atoms with van der Waals surface area (Å²) in [5.74, 6) is -3.49. The van der Waals surface area contributed by atoms with Crippen LogP contribution in [0.5, 0.6) is 0 Å². The Morgan fingerprint density at radius 2 is 1.00 bits per heavy atom. The van der Waals surface area contributed by atoms with E-state index in [1.54, 1.807) is 24.3 Å². The van der Waals surface area contributed by atoms with Crippen molar-refractivity contribution in [1.82, 2.24) is 0 Å². The Bertz CT molecular complexity index is 708. The molecule has 1 aliphatic rings. The first-order valence-electron chi connectivity index (χ1n) is 5.97. The monoisotopic (exact) mass is 264 g/mol. The van der Waals surface area contributed by atoms with Gasteiger partial charge in [0.1, 0.15) is 0 Å². The number of carboxylic acid groups (broad SMARTS) is 2. The van der Waals surface area contributed by atoms with Gasteiger partial charge < -0.3 is 19.8 Å². The van der Waals surface area contributed by atoms with E-state index in [-0.39, 0.29) is 5.57 Å². The van der Waals surface area contributed by atoms with Crippen molar-refractivity contribution in [1.29, 1.82) is 0 Å². The molecule has 2 aromatic carbocycles. The predicted octanol–water partition coefficient (Wildman–Crippen LogP) is -0.0313. The highest BCUT2D eigenvalue weighted by Crippen LogP contribution is 2.45. The highest BCUT2D eigenvalue weighted by Gasteiger charge is 2.26. The topological polar surface area (TPSA) is 80.3 Å². The first-order chi connectivity index (χ1) is 9.61. The molecule has 2 aromatic rings. The van der Waals surface area contributed by atoms with Crippen LogP contribution >= 0.6 is 0 Å². The molecule has 0 aliphatic heterocycles. The summed E-state index contributed by atoms with van der Waals surface area (Å²) in [6.07, 6.45) is 0. The van der Waals surface area contributed by atoms with E-state index in [1.165, 1.54) is 0 Å². The molecule has 0 atom stereocenters. The van der Waals surface area contributed by atoms with E-state index >= 15 is 0 Å². The van der Waals surface area contributed by atoms with Gasteiger partial charge in [0.15, 0.2) is 0 Å². The van der Waals surface area contributed by atoms with Crippen molar-refractivity contribution in [3.05, 3.63) is 65.2 Å². The lowest BCUT2D eigenvalue weighted by Crippen LogP contribution is -2.37. The van der Waals surface area contributed by atoms with Gasteiger partial charge in [-0.3, -0.25) is 0 Å². The van der Waals surface area contributed by atoms with Crippen molar-refractivity contribution in [3.63, 3.8) is 0 Å². The number of fused-ring (bicyclic) bond motifs is 3. The minimum absolute atomic E-state index is 0.149. The van der Waals surface area contributed by atoms with Gasteiger partial charge >= 0.3 is 0 Å². The van der Waals surface area contributed by atoms with Crippen LogP contribution in [0.1, 0.15) is 11.1 Å². The maximum absolute atomic E-state index is 11.2. The first kappa shape index (κ1) is 12.2. The Balaban J connectivity index is 2.45. The van der Waals surface area contributed by atoms with Crippen molar-refractivity contribution >= 4 is 17.5 Å². The van der Waals surface area contributed by atoms with E-state index < -0.39 is 17.5 Å². The largest absolute Gasteiger partial charge is 0.545 e. The Kier molecular flexibility index (Phi) is 2.64. The quantitative estimate of drug-likeness (QED) is 0.370. The molecule has 0 saturated heterocycles. The summed E-state index contributed by atoms with van der Waals surface area (Å²) >= 11 is 0. The third-order valence-electron chi connectivity index (χ3n) is 3.34. The van der Waals surface area contributed by atoms with Crippen LogP contribution in [0.25, 0.3) is 16.7 Å². The molecule has 98 valence electrons. The minimum atomic E-state index is -1.74. The fourth-order valence-electron chi connectivity index (χ4n) is 2.57.